The molecule has 2 aromatic heterocycles. The fourth-order valence-electron chi connectivity index (χ4n) is 5.28. The SMILES string of the molecule is O=C1CCC2(CCCCC2)n2c1cc1cnc(NC(=O)C3CCCCN3)nc12. The summed E-state index contributed by atoms with van der Waals surface area (Å²) in [6, 6.07) is 1.75. The standard InChI is InChI=1S/C21H27N5O2/c27-17-7-10-21(8-3-1-4-9-21)26-16(17)12-14-13-23-20(24-18(14)26)25-19(28)15-6-2-5-11-22-15/h12-13,15,22H,1-11H2,(H,23,24,25,28). The summed E-state index contributed by atoms with van der Waals surface area (Å²) in [6.45, 7) is 0.870. The first kappa shape index (κ1) is 17.8. The minimum Gasteiger partial charge on any atom is -0.316 e. The van der Waals surface area contributed by atoms with Crippen LogP contribution in [-0.2, 0) is 10.3 Å². The van der Waals surface area contributed by atoms with E-state index in [4.69, 9.17) is 4.98 Å². The minimum atomic E-state index is -0.180. The van der Waals surface area contributed by atoms with Gasteiger partial charge in [0.25, 0.3) is 0 Å². The number of ketones is 1. The van der Waals surface area contributed by atoms with E-state index in [0.717, 1.165) is 61.8 Å². The molecule has 4 heterocycles. The number of hydrogen-bond donors (Lipinski definition) is 2. The molecule has 3 aliphatic rings. The summed E-state index contributed by atoms with van der Waals surface area (Å²) in [5.74, 6) is 0.439. The average molecular weight is 381 g/mol. The van der Waals surface area contributed by atoms with Crippen molar-refractivity contribution in [1.29, 1.82) is 0 Å². The highest BCUT2D eigenvalue weighted by Gasteiger charge is 2.41. The molecule has 1 amide bonds. The van der Waals surface area contributed by atoms with E-state index in [1.807, 2.05) is 6.07 Å². The second-order valence-corrected chi connectivity index (χ2v) is 8.54. The normalized spacial score (nSPS) is 24.3. The topological polar surface area (TPSA) is 88.9 Å². The van der Waals surface area contributed by atoms with Gasteiger partial charge < -0.3 is 9.88 Å². The van der Waals surface area contributed by atoms with Crippen molar-refractivity contribution in [3.8, 4) is 0 Å². The van der Waals surface area contributed by atoms with Crippen LogP contribution in [0.2, 0.25) is 0 Å². The van der Waals surface area contributed by atoms with Crippen molar-refractivity contribution < 1.29 is 9.59 Å². The molecule has 0 radical (unpaired) electrons. The Morgan fingerprint density at radius 1 is 1.18 bits per heavy atom. The fourth-order valence-corrected chi connectivity index (χ4v) is 5.28. The van der Waals surface area contributed by atoms with E-state index in [0.29, 0.717) is 12.4 Å². The van der Waals surface area contributed by atoms with Gasteiger partial charge in [0, 0.05) is 23.5 Å². The first-order valence-corrected chi connectivity index (χ1v) is 10.6. The predicted molar refractivity (Wildman–Crippen MR) is 106 cm³/mol. The van der Waals surface area contributed by atoms with Crippen molar-refractivity contribution in [2.24, 2.45) is 0 Å². The van der Waals surface area contributed by atoms with Gasteiger partial charge >= 0.3 is 0 Å². The molecule has 5 rings (SSSR count). The summed E-state index contributed by atoms with van der Waals surface area (Å²) >= 11 is 0. The van der Waals surface area contributed by atoms with Crippen LogP contribution in [0.5, 0.6) is 0 Å². The number of piperidine rings is 1. The molecule has 1 aliphatic carbocycles. The van der Waals surface area contributed by atoms with Gasteiger partial charge in [0.2, 0.25) is 11.9 Å². The third-order valence-corrected chi connectivity index (χ3v) is 6.76. The molecule has 2 fully saturated rings. The van der Waals surface area contributed by atoms with Gasteiger partial charge in [0.1, 0.15) is 5.65 Å². The molecular formula is C21H27N5O2. The van der Waals surface area contributed by atoms with E-state index in [1.165, 1.54) is 19.3 Å². The zero-order valence-electron chi connectivity index (χ0n) is 16.2. The number of amides is 1. The summed E-state index contributed by atoms with van der Waals surface area (Å²) in [7, 11) is 0. The zero-order valence-corrected chi connectivity index (χ0v) is 16.2. The van der Waals surface area contributed by atoms with Crippen LogP contribution < -0.4 is 10.6 Å². The molecule has 1 unspecified atom stereocenters. The van der Waals surface area contributed by atoms with Crippen LogP contribution >= 0.6 is 0 Å². The monoisotopic (exact) mass is 381 g/mol. The fraction of sp³-hybridized carbons (Fsp3) is 0.619. The minimum absolute atomic E-state index is 0.0101. The van der Waals surface area contributed by atoms with Crippen LogP contribution in [0.15, 0.2) is 12.3 Å². The Balaban J connectivity index is 1.52. The van der Waals surface area contributed by atoms with Gasteiger partial charge in [-0.2, -0.15) is 4.98 Å². The van der Waals surface area contributed by atoms with Crippen molar-refractivity contribution in [3.63, 3.8) is 0 Å². The second kappa shape index (κ2) is 6.95. The second-order valence-electron chi connectivity index (χ2n) is 8.54. The van der Waals surface area contributed by atoms with Gasteiger partial charge in [-0.25, -0.2) is 4.98 Å². The predicted octanol–water partition coefficient (Wildman–Crippen LogP) is 3.15. The van der Waals surface area contributed by atoms with E-state index in [9.17, 15) is 9.59 Å². The number of carbonyl (C=O) groups excluding carboxylic acids is 2. The number of nitrogens with one attached hydrogen (secondary N) is 2. The molecule has 2 N–H and O–H groups in total. The van der Waals surface area contributed by atoms with E-state index in [-0.39, 0.29) is 23.3 Å². The van der Waals surface area contributed by atoms with Gasteiger partial charge in [-0.1, -0.05) is 25.7 Å². The van der Waals surface area contributed by atoms with Gasteiger partial charge in [-0.15, -0.1) is 0 Å². The zero-order chi connectivity index (χ0) is 19.1. The van der Waals surface area contributed by atoms with Crippen molar-refractivity contribution in [1.82, 2.24) is 19.9 Å². The third-order valence-electron chi connectivity index (χ3n) is 6.76. The molecule has 148 valence electrons. The lowest BCUT2D eigenvalue weighted by Gasteiger charge is -2.42. The van der Waals surface area contributed by atoms with Gasteiger partial charge in [0.05, 0.1) is 11.7 Å². The molecule has 2 aromatic rings. The maximum absolute atomic E-state index is 12.6. The van der Waals surface area contributed by atoms with Crippen LogP contribution in [-0.4, -0.2) is 38.8 Å². The Bertz CT molecular complexity index is 922. The van der Waals surface area contributed by atoms with Crippen molar-refractivity contribution in [3.05, 3.63) is 18.0 Å². The average Bonchev–Trinajstić information content (AvgIpc) is 3.13. The Morgan fingerprint density at radius 3 is 2.82 bits per heavy atom. The number of carbonyl (C=O) groups is 2. The van der Waals surface area contributed by atoms with Crippen LogP contribution in [0.3, 0.4) is 0 Å². The smallest absolute Gasteiger partial charge is 0.243 e. The lowest BCUT2D eigenvalue weighted by Crippen LogP contribution is -2.43. The molecule has 2 aliphatic heterocycles. The lowest BCUT2D eigenvalue weighted by molar-refractivity contribution is -0.118. The van der Waals surface area contributed by atoms with E-state index >= 15 is 0 Å². The first-order valence-electron chi connectivity index (χ1n) is 10.6. The Kier molecular flexibility index (Phi) is 4.42. The molecule has 0 bridgehead atoms. The number of rotatable bonds is 2. The van der Waals surface area contributed by atoms with Crippen LogP contribution in [0.4, 0.5) is 5.95 Å². The summed E-state index contributed by atoms with van der Waals surface area (Å²) in [4.78, 5) is 34.2. The third kappa shape index (κ3) is 2.92. The van der Waals surface area contributed by atoms with Crippen molar-refractivity contribution >= 4 is 28.7 Å². The Morgan fingerprint density at radius 2 is 2.04 bits per heavy atom. The summed E-state index contributed by atoms with van der Waals surface area (Å²) < 4.78 is 2.18. The Hall–Kier alpha value is -2.28. The number of anilines is 1. The van der Waals surface area contributed by atoms with Crippen molar-refractivity contribution in [2.45, 2.75) is 75.8 Å². The number of aromatic nitrogens is 3. The van der Waals surface area contributed by atoms with Gasteiger partial charge in [0.15, 0.2) is 5.78 Å². The van der Waals surface area contributed by atoms with Gasteiger partial charge in [-0.3, -0.25) is 14.9 Å². The highest BCUT2D eigenvalue weighted by molar-refractivity contribution is 6.01. The summed E-state index contributed by atoms with van der Waals surface area (Å²) in [6.07, 6.45) is 12.1. The number of nitrogens with zero attached hydrogens (tertiary/aromatic N) is 3. The maximum atomic E-state index is 12.6. The number of hydrogen-bond acceptors (Lipinski definition) is 5. The molecule has 28 heavy (non-hydrogen) atoms. The van der Waals surface area contributed by atoms with E-state index in [1.54, 1.807) is 6.20 Å². The lowest BCUT2D eigenvalue weighted by atomic mass is 9.75. The number of Topliss-reactive ketones (excluding diaryl/α,β-unsaturated/α-hetero) is 1. The molecule has 7 nitrogen and oxygen atoms in total. The van der Waals surface area contributed by atoms with Crippen LogP contribution in [0, 0.1) is 0 Å². The number of fused-ring (bicyclic) bond motifs is 4. The Labute approximate surface area is 164 Å². The molecule has 1 saturated carbocycles. The van der Waals surface area contributed by atoms with E-state index in [2.05, 4.69) is 20.2 Å². The maximum Gasteiger partial charge on any atom is 0.243 e. The molecule has 1 atom stereocenters. The summed E-state index contributed by atoms with van der Waals surface area (Å²) in [5, 5.41) is 7.02. The summed E-state index contributed by atoms with van der Waals surface area (Å²) in [5.41, 5.74) is 1.53. The van der Waals surface area contributed by atoms with Crippen LogP contribution in [0.25, 0.3) is 11.0 Å². The quantitative estimate of drug-likeness (QED) is 0.834. The van der Waals surface area contributed by atoms with Crippen molar-refractivity contribution in [2.75, 3.05) is 11.9 Å². The molecule has 0 aromatic carbocycles. The van der Waals surface area contributed by atoms with Gasteiger partial charge in [-0.05, 0) is 44.7 Å². The highest BCUT2D eigenvalue weighted by Crippen LogP contribution is 2.45. The largest absolute Gasteiger partial charge is 0.316 e. The van der Waals surface area contributed by atoms with Crippen LogP contribution in [0.1, 0.15) is 74.7 Å². The first-order chi connectivity index (χ1) is 13.7. The molecule has 1 spiro atoms. The van der Waals surface area contributed by atoms with E-state index < -0.39 is 0 Å². The molecular weight excluding hydrogens is 354 g/mol. The molecule has 1 saturated heterocycles. The highest BCUT2D eigenvalue weighted by atomic mass is 16.2. The molecule has 7 heteroatoms.